The molecule has 0 bridgehead atoms. The molecule has 23 heavy (non-hydrogen) atoms. The van der Waals surface area contributed by atoms with E-state index in [2.05, 4.69) is 0 Å². The molecule has 0 aliphatic heterocycles. The summed E-state index contributed by atoms with van der Waals surface area (Å²) in [6, 6.07) is 3.51. The van der Waals surface area contributed by atoms with E-state index in [0.29, 0.717) is 0 Å². The van der Waals surface area contributed by atoms with E-state index in [9.17, 15) is 24.5 Å². The van der Waals surface area contributed by atoms with Gasteiger partial charge in [-0.05, 0) is 13.0 Å². The number of carboxylic acid groups (broad SMARTS) is 2. The molecule has 0 saturated carbocycles. The number of hydrogen-bond acceptors (Lipinski definition) is 5. The Labute approximate surface area is 130 Å². The van der Waals surface area contributed by atoms with Crippen LogP contribution >= 0.6 is 0 Å². The molecule has 1 aromatic carbocycles. The molecule has 124 valence electrons. The van der Waals surface area contributed by atoms with Crippen molar-refractivity contribution in [2.24, 2.45) is 0 Å². The molecule has 1 rings (SSSR count). The number of anilines is 1. The second-order valence-electron chi connectivity index (χ2n) is 4.48. The number of nitro groups is 1. The highest BCUT2D eigenvalue weighted by Crippen LogP contribution is 2.27. The number of nitro benzene ring substituents is 1. The Balaban J connectivity index is 3.41. The molecule has 0 atom stereocenters. The molecular formula is C13H15N3O7. The largest absolute Gasteiger partial charge is 0.465 e. The average Bonchev–Trinajstić information content (AvgIpc) is 2.45. The number of rotatable bonds is 5. The first-order chi connectivity index (χ1) is 10.7. The minimum atomic E-state index is -1.72. The molecule has 0 heterocycles. The van der Waals surface area contributed by atoms with Gasteiger partial charge in [-0.15, -0.1) is 0 Å². The van der Waals surface area contributed by atoms with Gasteiger partial charge in [0.15, 0.2) is 0 Å². The van der Waals surface area contributed by atoms with E-state index in [1.165, 1.54) is 17.9 Å². The van der Waals surface area contributed by atoms with Crippen LogP contribution in [0.4, 0.5) is 21.0 Å². The summed E-state index contributed by atoms with van der Waals surface area (Å²) in [6.45, 7) is 2.55. The van der Waals surface area contributed by atoms with Gasteiger partial charge in [0.1, 0.15) is 0 Å². The number of non-ortho nitro benzene ring substituents is 1. The van der Waals surface area contributed by atoms with E-state index in [0.717, 1.165) is 12.1 Å². The van der Waals surface area contributed by atoms with E-state index in [1.54, 1.807) is 6.92 Å². The third-order valence-corrected chi connectivity index (χ3v) is 3.05. The van der Waals surface area contributed by atoms with Crippen molar-refractivity contribution in [2.45, 2.75) is 20.4 Å². The summed E-state index contributed by atoms with van der Waals surface area (Å²) in [7, 11) is 0. The van der Waals surface area contributed by atoms with Gasteiger partial charge >= 0.3 is 12.2 Å². The predicted octanol–water partition coefficient (Wildman–Crippen LogP) is 2.13. The third kappa shape index (κ3) is 4.15. The normalized spacial score (nSPS) is 10.0. The van der Waals surface area contributed by atoms with Gasteiger partial charge in [0.2, 0.25) is 5.91 Å². The number of carbonyl (C=O) groups excluding carboxylic acids is 1. The summed E-state index contributed by atoms with van der Waals surface area (Å²) in [4.78, 5) is 45.1. The van der Waals surface area contributed by atoms with Crippen molar-refractivity contribution in [2.75, 3.05) is 11.4 Å². The molecule has 3 amide bonds. The van der Waals surface area contributed by atoms with Gasteiger partial charge in [-0.3, -0.25) is 14.9 Å². The monoisotopic (exact) mass is 325 g/mol. The summed E-state index contributed by atoms with van der Waals surface area (Å²) >= 11 is 0. The molecule has 0 unspecified atom stereocenters. The molecular weight excluding hydrogens is 310 g/mol. The molecule has 0 radical (unpaired) electrons. The maximum Gasteiger partial charge on any atom is 0.417 e. The lowest BCUT2D eigenvalue weighted by molar-refractivity contribution is -0.384. The number of carbonyl (C=O) groups is 3. The lowest BCUT2D eigenvalue weighted by Crippen LogP contribution is -2.35. The van der Waals surface area contributed by atoms with Gasteiger partial charge < -0.3 is 15.1 Å². The fourth-order valence-electron chi connectivity index (χ4n) is 2.03. The second-order valence-corrected chi connectivity index (χ2v) is 4.48. The van der Waals surface area contributed by atoms with E-state index >= 15 is 0 Å². The number of benzene rings is 1. The van der Waals surface area contributed by atoms with Crippen molar-refractivity contribution in [3.63, 3.8) is 0 Å². The summed E-state index contributed by atoms with van der Waals surface area (Å²) < 4.78 is 0. The summed E-state index contributed by atoms with van der Waals surface area (Å²) in [6.07, 6.45) is -3.44. The maximum absolute atomic E-state index is 11.6. The van der Waals surface area contributed by atoms with Gasteiger partial charge in [0, 0.05) is 36.9 Å². The van der Waals surface area contributed by atoms with Crippen LogP contribution in [0.15, 0.2) is 18.2 Å². The summed E-state index contributed by atoms with van der Waals surface area (Å²) in [5.74, 6) is -0.361. The van der Waals surface area contributed by atoms with Crippen LogP contribution in [0.25, 0.3) is 0 Å². The van der Waals surface area contributed by atoms with Crippen LogP contribution in [0.1, 0.15) is 19.4 Å². The van der Waals surface area contributed by atoms with E-state index in [4.69, 9.17) is 10.2 Å². The van der Waals surface area contributed by atoms with Crippen LogP contribution in [0.3, 0.4) is 0 Å². The zero-order valence-electron chi connectivity index (χ0n) is 12.4. The highest BCUT2D eigenvalue weighted by atomic mass is 16.6. The molecule has 0 saturated heterocycles. The molecule has 10 heteroatoms. The first-order valence-electron chi connectivity index (χ1n) is 6.47. The number of hydrogen-bond donors (Lipinski definition) is 2. The van der Waals surface area contributed by atoms with Crippen LogP contribution in [-0.4, -0.2) is 44.7 Å². The fourth-order valence-corrected chi connectivity index (χ4v) is 2.03. The van der Waals surface area contributed by atoms with Crippen molar-refractivity contribution in [3.05, 3.63) is 33.9 Å². The smallest absolute Gasteiger partial charge is 0.417 e. The van der Waals surface area contributed by atoms with Crippen molar-refractivity contribution < 1.29 is 29.5 Å². The highest BCUT2D eigenvalue weighted by molar-refractivity contribution is 5.93. The number of amides is 3. The molecule has 0 aliphatic rings. The van der Waals surface area contributed by atoms with Crippen LogP contribution in [-0.2, 0) is 11.3 Å². The topological polar surface area (TPSA) is 141 Å². The second kappa shape index (κ2) is 7.20. The predicted molar refractivity (Wildman–Crippen MR) is 78.4 cm³/mol. The van der Waals surface area contributed by atoms with Gasteiger partial charge in [-0.25, -0.2) is 14.5 Å². The fraction of sp³-hybridized carbons (Fsp3) is 0.308. The first-order valence-corrected chi connectivity index (χ1v) is 6.47. The standard InChI is InChI=1S/C13H15N3O7/c1-3-14(8(2)17)11-5-4-10(16(22)23)6-9(11)7-15(12(18)19)13(20)21/h4-6H,3,7H2,1-2H3,(H,18,19)(H,20,21). The van der Waals surface area contributed by atoms with Gasteiger partial charge in [-0.1, -0.05) is 0 Å². The SMILES string of the molecule is CCN(C(C)=O)c1ccc([N+](=O)[O-])cc1CN(C(=O)O)C(=O)O. The van der Waals surface area contributed by atoms with Crippen molar-refractivity contribution in [1.29, 1.82) is 0 Å². The average molecular weight is 325 g/mol. The Morgan fingerprint density at radius 3 is 2.17 bits per heavy atom. The maximum atomic E-state index is 11.6. The minimum absolute atomic E-state index is 0.0426. The molecule has 0 aliphatic carbocycles. The molecule has 10 nitrogen and oxygen atoms in total. The Hall–Kier alpha value is -3.17. The van der Waals surface area contributed by atoms with Crippen molar-refractivity contribution in [3.8, 4) is 0 Å². The number of nitrogens with zero attached hydrogens (tertiary/aromatic N) is 3. The lowest BCUT2D eigenvalue weighted by Gasteiger charge is -2.23. The Kier molecular flexibility index (Phi) is 5.60. The zero-order chi connectivity index (χ0) is 17.7. The van der Waals surface area contributed by atoms with Crippen LogP contribution < -0.4 is 4.90 Å². The summed E-state index contributed by atoms with van der Waals surface area (Å²) in [5, 5.41) is 28.7. The van der Waals surface area contributed by atoms with Gasteiger partial charge in [0.05, 0.1) is 11.5 Å². The first kappa shape index (κ1) is 17.9. The molecule has 2 N–H and O–H groups in total. The van der Waals surface area contributed by atoms with Crippen LogP contribution in [0, 0.1) is 10.1 Å². The molecule has 0 fully saturated rings. The Morgan fingerprint density at radius 1 is 1.22 bits per heavy atom. The van der Waals surface area contributed by atoms with Gasteiger partial charge in [-0.2, -0.15) is 0 Å². The zero-order valence-corrected chi connectivity index (χ0v) is 12.4. The van der Waals surface area contributed by atoms with Crippen molar-refractivity contribution in [1.82, 2.24) is 4.90 Å². The van der Waals surface area contributed by atoms with Crippen molar-refractivity contribution >= 4 is 29.5 Å². The Morgan fingerprint density at radius 2 is 1.78 bits per heavy atom. The number of imide groups is 1. The minimum Gasteiger partial charge on any atom is -0.465 e. The van der Waals surface area contributed by atoms with Crippen LogP contribution in [0.2, 0.25) is 0 Å². The molecule has 0 spiro atoms. The van der Waals surface area contributed by atoms with E-state index in [1.807, 2.05) is 0 Å². The summed E-state index contributed by atoms with van der Waals surface area (Å²) in [5.41, 5.74) is -0.0711. The Bertz CT molecular complexity index is 645. The van der Waals surface area contributed by atoms with Gasteiger partial charge in [0.25, 0.3) is 5.69 Å². The lowest BCUT2D eigenvalue weighted by atomic mass is 10.1. The quantitative estimate of drug-likeness (QED) is 0.623. The highest BCUT2D eigenvalue weighted by Gasteiger charge is 2.25. The van der Waals surface area contributed by atoms with E-state index in [-0.39, 0.29) is 34.3 Å². The van der Waals surface area contributed by atoms with E-state index < -0.39 is 23.7 Å². The molecule has 0 aromatic heterocycles. The third-order valence-electron chi connectivity index (χ3n) is 3.05. The molecule has 1 aromatic rings. The van der Waals surface area contributed by atoms with Crippen LogP contribution in [0.5, 0.6) is 0 Å².